The second-order valence-corrected chi connectivity index (χ2v) is 9.88. The van der Waals surface area contributed by atoms with E-state index in [4.69, 9.17) is 9.47 Å². The van der Waals surface area contributed by atoms with E-state index in [9.17, 15) is 9.59 Å². The third-order valence-corrected chi connectivity index (χ3v) is 7.48. The highest BCUT2D eigenvalue weighted by Gasteiger charge is 2.28. The zero-order valence-corrected chi connectivity index (χ0v) is 21.8. The molecule has 6 heteroatoms. The maximum absolute atomic E-state index is 12.5. The maximum Gasteiger partial charge on any atom is 0.408 e. The molecule has 1 N–H and O–H groups in total. The first kappa shape index (κ1) is 25.7. The molecule has 3 aromatic rings. The molecule has 1 aliphatic heterocycles. The van der Waals surface area contributed by atoms with Crippen LogP contribution in [-0.2, 0) is 33.7 Å². The van der Waals surface area contributed by atoms with Gasteiger partial charge in [0.1, 0.15) is 12.6 Å². The van der Waals surface area contributed by atoms with Crippen LogP contribution in [-0.4, -0.2) is 49.7 Å². The number of nitrogens with zero attached hydrogens (tertiary/aromatic N) is 1. The molecule has 1 atom stereocenters. The van der Waals surface area contributed by atoms with Gasteiger partial charge in [0.2, 0.25) is 0 Å². The van der Waals surface area contributed by atoms with E-state index >= 15 is 0 Å². The van der Waals surface area contributed by atoms with Gasteiger partial charge in [-0.1, -0.05) is 84.4 Å². The van der Waals surface area contributed by atoms with Gasteiger partial charge >= 0.3 is 12.1 Å². The van der Waals surface area contributed by atoms with E-state index in [0.717, 1.165) is 44.3 Å². The van der Waals surface area contributed by atoms with E-state index in [2.05, 4.69) is 58.7 Å². The first-order valence-corrected chi connectivity index (χ1v) is 13.3. The minimum absolute atomic E-state index is 0.143. The molecule has 1 aliphatic carbocycles. The summed E-state index contributed by atoms with van der Waals surface area (Å²) in [5.41, 5.74) is 9.20. The van der Waals surface area contributed by atoms with Crippen LogP contribution >= 0.6 is 0 Å². The van der Waals surface area contributed by atoms with Crippen molar-refractivity contribution in [2.75, 3.05) is 26.7 Å². The standard InChI is InChI=1S/C32H34N2O4/c1-37-31(35)29(33-32(36)38-22-23-9-3-2-4-10-23)21-34-19-17-26(18-20-34)30-27-13-7-5-11-24(27)15-16-25-12-6-8-14-28(25)30/h2-14,29H,15-22H2,1H3,(H,33,36)/t29-/m1/s1. The number of amides is 1. The van der Waals surface area contributed by atoms with Gasteiger partial charge in [0.05, 0.1) is 7.11 Å². The first-order valence-electron chi connectivity index (χ1n) is 13.3. The van der Waals surface area contributed by atoms with Crippen molar-refractivity contribution < 1.29 is 19.1 Å². The lowest BCUT2D eigenvalue weighted by Gasteiger charge is -2.32. The Labute approximate surface area is 224 Å². The van der Waals surface area contributed by atoms with E-state index < -0.39 is 18.1 Å². The van der Waals surface area contributed by atoms with Crippen LogP contribution in [0.2, 0.25) is 0 Å². The second kappa shape index (κ2) is 12.1. The van der Waals surface area contributed by atoms with Crippen LogP contribution < -0.4 is 5.32 Å². The van der Waals surface area contributed by atoms with Gasteiger partial charge in [0, 0.05) is 19.6 Å². The molecule has 0 radical (unpaired) electrons. The lowest BCUT2D eigenvalue weighted by molar-refractivity contribution is -0.143. The minimum Gasteiger partial charge on any atom is -0.467 e. The molecule has 1 fully saturated rings. The molecule has 0 aromatic heterocycles. The Kier molecular flexibility index (Phi) is 8.19. The fraction of sp³-hybridized carbons (Fsp3) is 0.312. The number of aryl methyl sites for hydroxylation is 2. The van der Waals surface area contributed by atoms with E-state index in [-0.39, 0.29) is 6.61 Å². The normalized spacial score (nSPS) is 16.0. The van der Waals surface area contributed by atoms with Crippen molar-refractivity contribution >= 4 is 17.6 Å². The van der Waals surface area contributed by atoms with Crippen LogP contribution in [0.1, 0.15) is 40.7 Å². The fourth-order valence-electron chi connectivity index (χ4n) is 5.50. The van der Waals surface area contributed by atoms with Crippen molar-refractivity contribution in [1.82, 2.24) is 10.2 Å². The summed E-state index contributed by atoms with van der Waals surface area (Å²) < 4.78 is 10.3. The van der Waals surface area contributed by atoms with E-state index in [0.29, 0.717) is 6.54 Å². The molecule has 1 saturated heterocycles. The molecule has 2 aliphatic rings. The molecule has 5 rings (SSSR count). The largest absolute Gasteiger partial charge is 0.467 e. The minimum atomic E-state index is -0.795. The molecule has 38 heavy (non-hydrogen) atoms. The van der Waals surface area contributed by atoms with Crippen LogP contribution in [0, 0.1) is 0 Å². The van der Waals surface area contributed by atoms with Crippen LogP contribution in [0.15, 0.2) is 84.4 Å². The molecule has 0 bridgehead atoms. The molecule has 6 nitrogen and oxygen atoms in total. The Hall–Kier alpha value is -3.90. The number of nitrogens with one attached hydrogen (secondary N) is 1. The Morgan fingerprint density at radius 1 is 0.816 bits per heavy atom. The summed E-state index contributed by atoms with van der Waals surface area (Å²) in [6.45, 7) is 2.13. The number of likely N-dealkylation sites (tertiary alicyclic amines) is 1. The number of hydrogen-bond acceptors (Lipinski definition) is 5. The van der Waals surface area contributed by atoms with Crippen molar-refractivity contribution in [1.29, 1.82) is 0 Å². The number of rotatable bonds is 6. The second-order valence-electron chi connectivity index (χ2n) is 9.88. The zero-order chi connectivity index (χ0) is 26.3. The smallest absolute Gasteiger partial charge is 0.408 e. The van der Waals surface area contributed by atoms with Gasteiger partial charge in [-0.2, -0.15) is 0 Å². The third-order valence-electron chi connectivity index (χ3n) is 7.48. The van der Waals surface area contributed by atoms with Gasteiger partial charge in [-0.15, -0.1) is 0 Å². The van der Waals surface area contributed by atoms with E-state index in [1.807, 2.05) is 30.3 Å². The maximum atomic E-state index is 12.5. The van der Waals surface area contributed by atoms with Gasteiger partial charge in [0.15, 0.2) is 0 Å². The van der Waals surface area contributed by atoms with Gasteiger partial charge < -0.3 is 19.7 Å². The topological polar surface area (TPSA) is 67.9 Å². The number of benzene rings is 3. The quantitative estimate of drug-likeness (QED) is 0.465. The van der Waals surface area contributed by atoms with Gasteiger partial charge in [-0.3, -0.25) is 0 Å². The molecular formula is C32H34N2O4. The molecule has 196 valence electrons. The van der Waals surface area contributed by atoms with Crippen LogP contribution in [0.5, 0.6) is 0 Å². The Morgan fingerprint density at radius 3 is 2.00 bits per heavy atom. The molecule has 1 amide bonds. The predicted molar refractivity (Wildman–Crippen MR) is 148 cm³/mol. The summed E-state index contributed by atoms with van der Waals surface area (Å²) in [4.78, 5) is 27.2. The lowest BCUT2D eigenvalue weighted by Crippen LogP contribution is -2.50. The van der Waals surface area contributed by atoms with Crippen LogP contribution in [0.4, 0.5) is 4.79 Å². The van der Waals surface area contributed by atoms with Gasteiger partial charge in [-0.25, -0.2) is 9.59 Å². The molecule has 0 spiro atoms. The van der Waals surface area contributed by atoms with Crippen molar-refractivity contribution in [3.05, 3.63) is 112 Å². The van der Waals surface area contributed by atoms with Gasteiger partial charge in [-0.05, 0) is 59.1 Å². The average molecular weight is 511 g/mol. The Morgan fingerprint density at radius 2 is 1.39 bits per heavy atom. The molecule has 1 heterocycles. The van der Waals surface area contributed by atoms with Crippen molar-refractivity contribution in [3.63, 3.8) is 0 Å². The number of carbonyl (C=O) groups excluding carboxylic acids is 2. The molecular weight excluding hydrogens is 476 g/mol. The fourth-order valence-corrected chi connectivity index (χ4v) is 5.50. The molecule has 0 saturated carbocycles. The highest BCUT2D eigenvalue weighted by atomic mass is 16.6. The number of carbonyl (C=O) groups is 2. The number of methoxy groups -OCH3 is 1. The number of esters is 1. The van der Waals surface area contributed by atoms with Crippen molar-refractivity contribution in [2.24, 2.45) is 0 Å². The van der Waals surface area contributed by atoms with Crippen LogP contribution in [0.3, 0.4) is 0 Å². The summed E-state index contributed by atoms with van der Waals surface area (Å²) >= 11 is 0. The number of hydrogen-bond donors (Lipinski definition) is 1. The summed E-state index contributed by atoms with van der Waals surface area (Å²) in [5, 5.41) is 2.70. The lowest BCUT2D eigenvalue weighted by atomic mass is 9.86. The summed E-state index contributed by atoms with van der Waals surface area (Å²) in [5.74, 6) is -0.475. The summed E-state index contributed by atoms with van der Waals surface area (Å²) in [7, 11) is 1.34. The van der Waals surface area contributed by atoms with Crippen molar-refractivity contribution in [2.45, 2.75) is 38.3 Å². The Balaban J connectivity index is 1.27. The summed E-state index contributed by atoms with van der Waals surface area (Å²) in [6.07, 6.45) is 3.27. The number of piperidine rings is 1. The van der Waals surface area contributed by atoms with Gasteiger partial charge in [0.25, 0.3) is 0 Å². The highest BCUT2D eigenvalue weighted by Crippen LogP contribution is 2.38. The third kappa shape index (κ3) is 5.97. The number of alkyl carbamates (subject to hydrolysis) is 1. The first-order chi connectivity index (χ1) is 18.6. The van der Waals surface area contributed by atoms with E-state index in [1.54, 1.807) is 0 Å². The Bertz CT molecular complexity index is 1260. The van der Waals surface area contributed by atoms with Crippen molar-refractivity contribution in [3.8, 4) is 0 Å². The monoisotopic (exact) mass is 510 g/mol. The number of fused-ring (bicyclic) bond motifs is 2. The zero-order valence-electron chi connectivity index (χ0n) is 21.8. The average Bonchev–Trinajstić information content (AvgIpc) is 3.13. The number of ether oxygens (including phenoxy) is 2. The van der Waals surface area contributed by atoms with E-state index in [1.165, 1.54) is 40.5 Å². The summed E-state index contributed by atoms with van der Waals surface area (Å²) in [6, 6.07) is 26.2. The van der Waals surface area contributed by atoms with Crippen LogP contribution in [0.25, 0.3) is 5.57 Å². The predicted octanol–water partition coefficient (Wildman–Crippen LogP) is 5.15. The highest BCUT2D eigenvalue weighted by molar-refractivity contribution is 5.86. The molecule has 0 unspecified atom stereocenters. The SMILES string of the molecule is COC(=O)[C@@H](CN1CCC(=C2c3ccccc3CCc3ccccc32)CC1)NC(=O)OCc1ccccc1. The molecule has 3 aromatic carbocycles.